The van der Waals surface area contributed by atoms with Gasteiger partial charge >= 0.3 is 6.03 Å². The van der Waals surface area contributed by atoms with Gasteiger partial charge in [-0.05, 0) is 81.6 Å². The molecule has 3 fully saturated rings. The van der Waals surface area contributed by atoms with Crippen LogP contribution in [0.5, 0.6) is 0 Å². The molecule has 36 heavy (non-hydrogen) atoms. The Balaban J connectivity index is 1.22. The predicted octanol–water partition coefficient (Wildman–Crippen LogP) is 4.79. The van der Waals surface area contributed by atoms with Gasteiger partial charge in [0.2, 0.25) is 0 Å². The highest BCUT2D eigenvalue weighted by atomic mass is 19.1. The van der Waals surface area contributed by atoms with Gasteiger partial charge in [-0.25, -0.2) is 19.2 Å². The van der Waals surface area contributed by atoms with E-state index < -0.39 is 0 Å². The quantitative estimate of drug-likeness (QED) is 0.488. The smallest absolute Gasteiger partial charge is 0.319 e. The normalized spacial score (nSPS) is 22.8. The minimum atomic E-state index is -0.273. The molecule has 2 amide bonds. The second-order valence-corrected chi connectivity index (χ2v) is 9.74. The summed E-state index contributed by atoms with van der Waals surface area (Å²) in [5.41, 5.74) is 3.90. The number of benzene rings is 2. The van der Waals surface area contributed by atoms with Crippen LogP contribution < -0.4 is 10.6 Å². The van der Waals surface area contributed by atoms with Gasteiger partial charge in [-0.15, -0.1) is 0 Å². The average molecular weight is 488 g/mol. The van der Waals surface area contributed by atoms with Crippen LogP contribution >= 0.6 is 0 Å². The molecule has 2 N–H and O–H groups in total. The summed E-state index contributed by atoms with van der Waals surface area (Å²) in [6.07, 6.45) is 2.08. The Kier molecular flexibility index (Phi) is 6.78. The molecule has 0 spiro atoms. The minimum absolute atomic E-state index is 0.0386. The van der Waals surface area contributed by atoms with Crippen molar-refractivity contribution in [1.29, 1.82) is 0 Å². The van der Waals surface area contributed by atoms with E-state index in [1.807, 2.05) is 13.0 Å². The van der Waals surface area contributed by atoms with Crippen molar-refractivity contribution in [1.82, 2.24) is 20.2 Å². The number of halogens is 1. The first kappa shape index (κ1) is 24.1. The van der Waals surface area contributed by atoms with E-state index in [2.05, 4.69) is 20.5 Å². The number of Topliss-reactive ketones (excluding diaryl/α,β-unsaturated/α-hetero) is 1. The Morgan fingerprint density at radius 3 is 2.64 bits per heavy atom. The van der Waals surface area contributed by atoms with Crippen LogP contribution in [0.4, 0.5) is 14.9 Å². The number of ketones is 1. The first-order valence-corrected chi connectivity index (χ1v) is 12.4. The highest BCUT2D eigenvalue weighted by Gasteiger charge is 2.41. The summed E-state index contributed by atoms with van der Waals surface area (Å²) < 4.78 is 13.4. The van der Waals surface area contributed by atoms with Crippen molar-refractivity contribution in [2.24, 2.45) is 5.92 Å². The molecule has 3 saturated heterocycles. The number of anilines is 1. The van der Waals surface area contributed by atoms with Crippen LogP contribution in [0.2, 0.25) is 0 Å². The van der Waals surface area contributed by atoms with E-state index >= 15 is 0 Å². The summed E-state index contributed by atoms with van der Waals surface area (Å²) in [5.74, 6) is 1.20. The van der Waals surface area contributed by atoms with Crippen LogP contribution in [0.3, 0.4) is 0 Å². The van der Waals surface area contributed by atoms with Gasteiger partial charge in [-0.2, -0.15) is 0 Å². The molecule has 0 radical (unpaired) electrons. The summed E-state index contributed by atoms with van der Waals surface area (Å²) >= 11 is 0. The molecule has 3 aliphatic heterocycles. The molecular weight excluding hydrogens is 457 g/mol. The Morgan fingerprint density at radius 1 is 1.11 bits per heavy atom. The Hall–Kier alpha value is -3.65. The van der Waals surface area contributed by atoms with Gasteiger partial charge in [-0.1, -0.05) is 12.1 Å². The maximum Gasteiger partial charge on any atom is 0.319 e. The molecule has 8 heteroatoms. The number of nitrogens with zero attached hydrogens (tertiary/aromatic N) is 3. The maximum absolute atomic E-state index is 13.4. The molecular formula is C28H30FN5O2. The Morgan fingerprint density at radius 2 is 1.92 bits per heavy atom. The first-order chi connectivity index (χ1) is 17.4. The fraction of sp³-hybridized carbons (Fsp3) is 0.357. The molecule has 4 heterocycles. The molecule has 0 aliphatic carbocycles. The zero-order valence-electron chi connectivity index (χ0n) is 20.5. The number of aryl methyl sites for hydroxylation is 1. The molecule has 1 aromatic heterocycles. The number of rotatable bonds is 6. The number of hydrogen-bond donors (Lipinski definition) is 2. The average Bonchev–Trinajstić information content (AvgIpc) is 2.88. The number of fused-ring (bicyclic) bond motifs is 3. The molecule has 2 bridgehead atoms. The van der Waals surface area contributed by atoms with E-state index in [-0.39, 0.29) is 23.7 Å². The molecule has 0 saturated carbocycles. The standard InChI is InChI=1S/C28H30FN5O2/c1-17(35)20-4-3-5-23(12-20)33-28(36)30-15-24-13-21-10-11-34(24)16-25(21)27-14-26(31-18(2)32-27)19-6-8-22(29)9-7-19/h3-9,12,14,21,24-25H,10-11,13,15-16H2,1-2H3,(H2,30,33,36)/t21-,24+,25+/m0/s1. The molecule has 2 aromatic carbocycles. The topological polar surface area (TPSA) is 87.2 Å². The highest BCUT2D eigenvalue weighted by molar-refractivity contribution is 5.96. The third-order valence-corrected chi connectivity index (χ3v) is 7.28. The van der Waals surface area contributed by atoms with Crippen LogP contribution in [0.15, 0.2) is 54.6 Å². The lowest BCUT2D eigenvalue weighted by atomic mass is 9.74. The zero-order chi connectivity index (χ0) is 25.2. The molecule has 186 valence electrons. The lowest BCUT2D eigenvalue weighted by molar-refractivity contribution is 0.0307. The van der Waals surface area contributed by atoms with Gasteiger partial charge in [0.05, 0.1) is 5.69 Å². The maximum atomic E-state index is 13.4. The first-order valence-electron chi connectivity index (χ1n) is 12.4. The van der Waals surface area contributed by atoms with Crippen molar-refractivity contribution in [3.05, 3.63) is 77.5 Å². The number of urea groups is 1. The summed E-state index contributed by atoms with van der Waals surface area (Å²) in [4.78, 5) is 35.9. The summed E-state index contributed by atoms with van der Waals surface area (Å²) in [7, 11) is 0. The van der Waals surface area contributed by atoms with Crippen LogP contribution in [0.1, 0.15) is 47.6 Å². The fourth-order valence-corrected chi connectivity index (χ4v) is 5.44. The van der Waals surface area contributed by atoms with Gasteiger partial charge in [0.15, 0.2) is 5.78 Å². The van der Waals surface area contributed by atoms with Gasteiger partial charge in [-0.3, -0.25) is 9.69 Å². The summed E-state index contributed by atoms with van der Waals surface area (Å²) in [6, 6.07) is 15.4. The predicted molar refractivity (Wildman–Crippen MR) is 136 cm³/mol. The number of carbonyl (C=O) groups excluding carboxylic acids is 2. The lowest BCUT2D eigenvalue weighted by Crippen LogP contribution is -2.56. The largest absolute Gasteiger partial charge is 0.336 e. The van der Waals surface area contributed by atoms with Gasteiger partial charge in [0, 0.05) is 47.6 Å². The fourth-order valence-electron chi connectivity index (χ4n) is 5.44. The van der Waals surface area contributed by atoms with Crippen molar-refractivity contribution < 1.29 is 14.0 Å². The minimum Gasteiger partial charge on any atom is -0.336 e. The second kappa shape index (κ2) is 10.1. The van der Waals surface area contributed by atoms with E-state index in [4.69, 9.17) is 4.98 Å². The van der Waals surface area contributed by atoms with Crippen LogP contribution in [-0.2, 0) is 0 Å². The molecule has 1 unspecified atom stereocenters. The highest BCUT2D eigenvalue weighted by Crippen LogP contribution is 2.41. The number of carbonyl (C=O) groups is 2. The Bertz CT molecular complexity index is 1280. The van der Waals surface area contributed by atoms with Crippen LogP contribution in [0, 0.1) is 18.7 Å². The van der Waals surface area contributed by atoms with Crippen molar-refractivity contribution in [2.75, 3.05) is 25.0 Å². The SMILES string of the molecule is CC(=O)c1cccc(NC(=O)NC[C@H]2C[C@@H]3CCN2C[C@H]3c2cc(-c3ccc(F)cc3)nc(C)n2)c1. The molecule has 7 nitrogen and oxygen atoms in total. The number of hydrogen-bond acceptors (Lipinski definition) is 5. The van der Waals surface area contributed by atoms with Gasteiger partial charge in [0.1, 0.15) is 11.6 Å². The molecule has 4 atom stereocenters. The van der Waals surface area contributed by atoms with Crippen LogP contribution in [0.25, 0.3) is 11.3 Å². The monoisotopic (exact) mass is 487 g/mol. The lowest BCUT2D eigenvalue weighted by Gasteiger charge is -2.49. The van der Waals surface area contributed by atoms with E-state index in [9.17, 15) is 14.0 Å². The van der Waals surface area contributed by atoms with Gasteiger partial charge < -0.3 is 10.6 Å². The molecule has 3 aromatic rings. The number of nitrogens with one attached hydrogen (secondary N) is 2. The molecule has 3 aliphatic rings. The number of aromatic nitrogens is 2. The van der Waals surface area contributed by atoms with Gasteiger partial charge in [0.25, 0.3) is 0 Å². The van der Waals surface area contributed by atoms with E-state index in [0.29, 0.717) is 35.5 Å². The number of piperidine rings is 3. The van der Waals surface area contributed by atoms with Crippen molar-refractivity contribution in [3.8, 4) is 11.3 Å². The van der Waals surface area contributed by atoms with Crippen molar-refractivity contribution in [3.63, 3.8) is 0 Å². The second-order valence-electron chi connectivity index (χ2n) is 9.74. The molecule has 6 rings (SSSR count). The summed E-state index contributed by atoms with van der Waals surface area (Å²) in [5, 5.41) is 5.83. The summed E-state index contributed by atoms with van der Waals surface area (Å²) in [6.45, 7) is 5.86. The third kappa shape index (κ3) is 5.28. The Labute approximate surface area is 210 Å². The van der Waals surface area contributed by atoms with E-state index in [1.54, 1.807) is 36.4 Å². The van der Waals surface area contributed by atoms with Crippen molar-refractivity contribution in [2.45, 2.75) is 38.6 Å². The third-order valence-electron chi connectivity index (χ3n) is 7.28. The zero-order valence-corrected chi connectivity index (χ0v) is 20.5. The number of amides is 2. The van der Waals surface area contributed by atoms with Crippen molar-refractivity contribution >= 4 is 17.5 Å². The van der Waals surface area contributed by atoms with E-state index in [0.717, 1.165) is 42.9 Å². The van der Waals surface area contributed by atoms with Crippen LogP contribution in [-0.4, -0.2) is 52.4 Å². The van der Waals surface area contributed by atoms with E-state index in [1.165, 1.54) is 19.1 Å².